The Hall–Kier alpha value is -1.87. The Bertz CT molecular complexity index is 847. The maximum Gasteiger partial charge on any atom is 0.255 e. The van der Waals surface area contributed by atoms with Gasteiger partial charge in [0, 0.05) is 31.8 Å². The molecule has 182 valence electrons. The van der Waals surface area contributed by atoms with Gasteiger partial charge in [0.1, 0.15) is 11.9 Å². The van der Waals surface area contributed by atoms with E-state index in [1.807, 2.05) is 0 Å². The van der Waals surface area contributed by atoms with Crippen molar-refractivity contribution in [3.8, 4) is 5.75 Å². The Morgan fingerprint density at radius 2 is 1.94 bits per heavy atom. The lowest BCUT2D eigenvalue weighted by atomic mass is 9.83. The fourth-order valence-electron chi connectivity index (χ4n) is 5.36. The first-order valence-corrected chi connectivity index (χ1v) is 12.4. The second kappa shape index (κ2) is 11.0. The maximum absolute atomic E-state index is 13.4. The predicted molar refractivity (Wildman–Crippen MR) is 128 cm³/mol. The van der Waals surface area contributed by atoms with E-state index in [9.17, 15) is 9.59 Å². The Balaban J connectivity index is 1.39. The smallest absolute Gasteiger partial charge is 0.255 e. The number of hydrogen-bond acceptors (Lipinski definition) is 7. The number of ether oxygens (including phenoxy) is 2. The number of nitrogens with two attached hydrogens (primary N) is 1. The molecular formula is C24H35ClN4O4. The molecule has 33 heavy (non-hydrogen) atoms. The Morgan fingerprint density at radius 1 is 1.21 bits per heavy atom. The summed E-state index contributed by atoms with van der Waals surface area (Å²) in [6, 6.07) is 3.05. The van der Waals surface area contributed by atoms with Crippen LogP contribution >= 0.6 is 11.6 Å². The molecule has 1 unspecified atom stereocenters. The van der Waals surface area contributed by atoms with Crippen LogP contribution in [-0.2, 0) is 9.53 Å². The van der Waals surface area contributed by atoms with Gasteiger partial charge in [0.15, 0.2) is 5.78 Å². The highest BCUT2D eigenvalue weighted by molar-refractivity contribution is 6.33. The number of nitrogens with zero attached hydrogens (tertiary/aromatic N) is 1. The fraction of sp³-hybridized carbons (Fsp3) is 0.667. The molecule has 3 fully saturated rings. The minimum Gasteiger partial charge on any atom is -0.496 e. The van der Waals surface area contributed by atoms with Gasteiger partial charge in [0.05, 0.1) is 29.4 Å². The third-order valence-corrected chi connectivity index (χ3v) is 7.52. The zero-order valence-corrected chi connectivity index (χ0v) is 20.0. The Kier molecular flexibility index (Phi) is 8.11. The number of anilines is 1. The van der Waals surface area contributed by atoms with Gasteiger partial charge in [-0.2, -0.15) is 0 Å². The zero-order chi connectivity index (χ0) is 23.4. The lowest BCUT2D eigenvalue weighted by Gasteiger charge is -2.42. The molecule has 0 spiro atoms. The van der Waals surface area contributed by atoms with E-state index in [1.165, 1.54) is 7.11 Å². The summed E-state index contributed by atoms with van der Waals surface area (Å²) in [6.45, 7) is 4.15. The van der Waals surface area contributed by atoms with Crippen LogP contribution in [-0.4, -0.2) is 74.7 Å². The lowest BCUT2D eigenvalue weighted by molar-refractivity contribution is -0.136. The van der Waals surface area contributed by atoms with Gasteiger partial charge in [-0.25, -0.2) is 0 Å². The number of ketones is 1. The first-order chi connectivity index (χ1) is 16.0. The molecule has 0 bridgehead atoms. The number of nitrogen functional groups attached to an aromatic ring is 1. The van der Waals surface area contributed by atoms with E-state index in [0.717, 1.165) is 64.7 Å². The van der Waals surface area contributed by atoms with Gasteiger partial charge in [-0.1, -0.05) is 11.6 Å². The maximum atomic E-state index is 13.4. The third-order valence-electron chi connectivity index (χ3n) is 7.19. The number of carbonyl (C=O) groups is 2. The van der Waals surface area contributed by atoms with E-state index in [2.05, 4.69) is 15.5 Å². The van der Waals surface area contributed by atoms with Crippen molar-refractivity contribution in [1.82, 2.24) is 15.5 Å². The first-order valence-electron chi connectivity index (χ1n) is 12.0. The second-order valence-corrected chi connectivity index (χ2v) is 9.70. The largest absolute Gasteiger partial charge is 0.496 e. The van der Waals surface area contributed by atoms with Gasteiger partial charge in [-0.15, -0.1) is 0 Å². The van der Waals surface area contributed by atoms with Crippen molar-refractivity contribution < 1.29 is 19.1 Å². The number of hydrogen-bond donors (Lipinski definition) is 3. The van der Waals surface area contributed by atoms with Crippen molar-refractivity contribution in [1.29, 1.82) is 0 Å². The molecular weight excluding hydrogens is 444 g/mol. The minimum atomic E-state index is -0.259. The summed E-state index contributed by atoms with van der Waals surface area (Å²) in [6.07, 6.45) is 5.13. The van der Waals surface area contributed by atoms with Crippen LogP contribution in [0.5, 0.6) is 5.75 Å². The van der Waals surface area contributed by atoms with Crippen molar-refractivity contribution in [2.45, 2.75) is 56.7 Å². The van der Waals surface area contributed by atoms with E-state index >= 15 is 0 Å². The van der Waals surface area contributed by atoms with Crippen LogP contribution in [0.25, 0.3) is 0 Å². The fourth-order valence-corrected chi connectivity index (χ4v) is 5.53. The van der Waals surface area contributed by atoms with Gasteiger partial charge >= 0.3 is 0 Å². The molecule has 0 aromatic heterocycles. The third kappa shape index (κ3) is 5.62. The summed E-state index contributed by atoms with van der Waals surface area (Å²) >= 11 is 6.13. The first kappa shape index (κ1) is 24.3. The normalized spacial score (nSPS) is 23.9. The molecule has 3 saturated heterocycles. The van der Waals surface area contributed by atoms with Crippen LogP contribution in [0.1, 0.15) is 48.9 Å². The summed E-state index contributed by atoms with van der Waals surface area (Å²) in [5, 5.41) is 6.85. The number of Topliss-reactive ketones (excluding diaryl/α,β-unsaturated/α-hetero) is 1. The van der Waals surface area contributed by atoms with Crippen LogP contribution in [0.4, 0.5) is 5.69 Å². The van der Waals surface area contributed by atoms with Crippen LogP contribution in [0, 0.1) is 5.92 Å². The molecule has 0 radical (unpaired) electrons. The molecule has 1 aromatic rings. The molecule has 3 heterocycles. The number of carbonyl (C=O) groups excluding carboxylic acids is 2. The highest BCUT2D eigenvalue weighted by Gasteiger charge is 2.40. The average molecular weight is 479 g/mol. The number of likely N-dealkylation sites (tertiary alicyclic amines) is 1. The summed E-state index contributed by atoms with van der Waals surface area (Å²) in [4.78, 5) is 28.7. The van der Waals surface area contributed by atoms with Crippen molar-refractivity contribution in [2.75, 3.05) is 45.6 Å². The molecule has 9 heteroatoms. The van der Waals surface area contributed by atoms with Crippen LogP contribution < -0.4 is 21.1 Å². The number of halogens is 1. The molecule has 8 nitrogen and oxygen atoms in total. The Labute approximate surface area is 200 Å². The zero-order valence-electron chi connectivity index (χ0n) is 19.3. The van der Waals surface area contributed by atoms with Gasteiger partial charge in [0.25, 0.3) is 5.91 Å². The van der Waals surface area contributed by atoms with Crippen molar-refractivity contribution in [3.63, 3.8) is 0 Å². The monoisotopic (exact) mass is 478 g/mol. The lowest BCUT2D eigenvalue weighted by Crippen LogP contribution is -2.56. The summed E-state index contributed by atoms with van der Waals surface area (Å²) in [5.74, 6) is 0.788. The van der Waals surface area contributed by atoms with Crippen molar-refractivity contribution in [2.24, 2.45) is 5.92 Å². The Morgan fingerprint density at radius 3 is 2.58 bits per heavy atom. The molecule has 2 atom stereocenters. The topological polar surface area (TPSA) is 106 Å². The van der Waals surface area contributed by atoms with Crippen LogP contribution in [0.3, 0.4) is 0 Å². The highest BCUT2D eigenvalue weighted by Crippen LogP contribution is 2.30. The quantitative estimate of drug-likeness (QED) is 0.516. The highest BCUT2D eigenvalue weighted by atomic mass is 35.5. The van der Waals surface area contributed by atoms with Crippen molar-refractivity contribution in [3.05, 3.63) is 22.7 Å². The molecule has 1 aromatic carbocycles. The molecule has 4 N–H and O–H groups in total. The standard InChI is InChI=1S/C24H35ClN4O4/c1-32-21-14-19(26)18(25)13-17(21)24(31)28-16-6-10-29(11-7-16)22(15-4-8-27-9-5-15)23(30)20-3-2-12-33-20/h13-16,20,22,27H,2-12,26H2,1H3,(H,28,31)/t20-,22?/m1/s1. The molecule has 3 aliphatic rings. The van der Waals surface area contributed by atoms with Crippen molar-refractivity contribution >= 4 is 29.0 Å². The van der Waals surface area contributed by atoms with E-state index in [1.54, 1.807) is 12.1 Å². The number of piperidine rings is 2. The summed E-state index contributed by atoms with van der Waals surface area (Å²) in [5.41, 5.74) is 6.58. The number of methoxy groups -OCH3 is 1. The van der Waals surface area contributed by atoms with E-state index in [0.29, 0.717) is 34.5 Å². The number of nitrogens with one attached hydrogen (secondary N) is 2. The van der Waals surface area contributed by atoms with E-state index < -0.39 is 0 Å². The van der Waals surface area contributed by atoms with Gasteiger partial charge in [0.2, 0.25) is 0 Å². The van der Waals surface area contributed by atoms with Gasteiger partial charge in [-0.05, 0) is 63.6 Å². The molecule has 3 aliphatic heterocycles. The summed E-state index contributed by atoms with van der Waals surface area (Å²) in [7, 11) is 1.50. The number of rotatable bonds is 7. The molecule has 4 rings (SSSR count). The molecule has 0 saturated carbocycles. The minimum absolute atomic E-state index is 0.0290. The van der Waals surface area contributed by atoms with Crippen LogP contribution in [0.15, 0.2) is 12.1 Å². The molecule has 0 aliphatic carbocycles. The van der Waals surface area contributed by atoms with E-state index in [-0.39, 0.29) is 29.9 Å². The van der Waals surface area contributed by atoms with Crippen LogP contribution in [0.2, 0.25) is 5.02 Å². The second-order valence-electron chi connectivity index (χ2n) is 9.29. The van der Waals surface area contributed by atoms with Gasteiger partial charge < -0.3 is 25.8 Å². The van der Waals surface area contributed by atoms with E-state index in [4.69, 9.17) is 26.8 Å². The average Bonchev–Trinajstić information content (AvgIpc) is 3.37. The predicted octanol–water partition coefficient (Wildman–Crippen LogP) is 2.24. The number of benzene rings is 1. The molecule has 1 amide bonds. The summed E-state index contributed by atoms with van der Waals surface area (Å²) < 4.78 is 11.1. The SMILES string of the molecule is COc1cc(N)c(Cl)cc1C(=O)NC1CCN(C(C(=O)[C@H]2CCCO2)C2CCNCC2)CC1. The number of amides is 1. The van der Waals surface area contributed by atoms with Gasteiger partial charge in [-0.3, -0.25) is 14.5 Å².